The summed E-state index contributed by atoms with van der Waals surface area (Å²) in [5.74, 6) is 0. The number of hydrogen-bond donors (Lipinski definition) is 1. The van der Waals surface area contributed by atoms with Gasteiger partial charge in [0.1, 0.15) is 0 Å². The second-order valence-corrected chi connectivity index (χ2v) is 5.13. The van der Waals surface area contributed by atoms with E-state index in [9.17, 15) is 8.42 Å². The van der Waals surface area contributed by atoms with E-state index >= 15 is 0 Å². The first-order chi connectivity index (χ1) is 4.68. The van der Waals surface area contributed by atoms with Crippen LogP contribution in [0, 0.1) is 0 Å². The highest BCUT2D eigenvalue weighted by atomic mass is 32.2. The second kappa shape index (κ2) is 1.95. The van der Waals surface area contributed by atoms with E-state index in [4.69, 9.17) is 0 Å². The van der Waals surface area contributed by atoms with E-state index in [2.05, 4.69) is 4.72 Å². The van der Waals surface area contributed by atoms with Crippen LogP contribution in [-0.2, 0) is 10.0 Å². The number of hydrogen-bond acceptors (Lipinski definition) is 2. The van der Waals surface area contributed by atoms with E-state index in [0.717, 1.165) is 25.7 Å². The van der Waals surface area contributed by atoms with Crippen LogP contribution in [0.1, 0.15) is 25.7 Å². The van der Waals surface area contributed by atoms with Crippen LogP contribution in [0.5, 0.6) is 0 Å². The van der Waals surface area contributed by atoms with Gasteiger partial charge in [0.15, 0.2) is 0 Å². The fourth-order valence-electron chi connectivity index (χ4n) is 1.82. The van der Waals surface area contributed by atoms with Gasteiger partial charge in [0.2, 0.25) is 10.0 Å². The standard InChI is InChI=1S/C6H11NO2S/c8-10(9)6-3-1-5(7-10)2-4-6/h5-7H,1-4H2. The lowest BCUT2D eigenvalue weighted by Gasteiger charge is -2.35. The lowest BCUT2D eigenvalue weighted by Crippen LogP contribution is -2.51. The maximum Gasteiger partial charge on any atom is 0.214 e. The van der Waals surface area contributed by atoms with Crippen molar-refractivity contribution >= 4 is 10.0 Å². The van der Waals surface area contributed by atoms with E-state index in [1.807, 2.05) is 0 Å². The number of sulfonamides is 1. The smallest absolute Gasteiger partial charge is 0.212 e. The van der Waals surface area contributed by atoms with Crippen molar-refractivity contribution in [2.75, 3.05) is 0 Å². The molecule has 0 radical (unpaired) electrons. The Labute approximate surface area is 60.9 Å². The van der Waals surface area contributed by atoms with Gasteiger partial charge in [-0.05, 0) is 25.7 Å². The Hall–Kier alpha value is -0.0900. The van der Waals surface area contributed by atoms with Crippen LogP contribution in [0.15, 0.2) is 0 Å². The van der Waals surface area contributed by atoms with Crippen molar-refractivity contribution < 1.29 is 8.42 Å². The van der Waals surface area contributed by atoms with E-state index in [1.54, 1.807) is 0 Å². The van der Waals surface area contributed by atoms with Gasteiger partial charge in [-0.25, -0.2) is 13.1 Å². The monoisotopic (exact) mass is 161 g/mol. The Morgan fingerprint density at radius 3 is 1.90 bits per heavy atom. The minimum atomic E-state index is -2.87. The maximum atomic E-state index is 11.1. The van der Waals surface area contributed by atoms with Crippen molar-refractivity contribution in [1.29, 1.82) is 0 Å². The number of fused-ring (bicyclic) bond motifs is 3. The molecular weight excluding hydrogens is 150 g/mol. The van der Waals surface area contributed by atoms with Crippen LogP contribution >= 0.6 is 0 Å². The molecule has 2 aliphatic heterocycles. The van der Waals surface area contributed by atoms with Gasteiger partial charge >= 0.3 is 0 Å². The third-order valence-electron chi connectivity index (χ3n) is 2.44. The first-order valence-corrected chi connectivity index (χ1v) is 5.24. The molecule has 3 fully saturated rings. The summed E-state index contributed by atoms with van der Waals surface area (Å²) in [5.41, 5.74) is 0. The predicted molar refractivity (Wildman–Crippen MR) is 38.1 cm³/mol. The molecule has 2 heterocycles. The fourth-order valence-corrected chi connectivity index (χ4v) is 3.61. The van der Waals surface area contributed by atoms with E-state index < -0.39 is 10.0 Å². The maximum absolute atomic E-state index is 11.1. The van der Waals surface area contributed by atoms with Crippen molar-refractivity contribution in [1.82, 2.24) is 4.72 Å². The molecule has 1 N–H and O–H groups in total. The molecule has 1 aliphatic carbocycles. The van der Waals surface area contributed by atoms with Crippen LogP contribution in [0.2, 0.25) is 0 Å². The van der Waals surface area contributed by atoms with Crippen molar-refractivity contribution in [2.24, 2.45) is 0 Å². The molecule has 2 saturated heterocycles. The average molecular weight is 161 g/mol. The van der Waals surface area contributed by atoms with Crippen molar-refractivity contribution in [3.63, 3.8) is 0 Å². The zero-order valence-electron chi connectivity index (χ0n) is 5.71. The van der Waals surface area contributed by atoms with Gasteiger partial charge in [-0.3, -0.25) is 0 Å². The molecule has 1 saturated carbocycles. The largest absolute Gasteiger partial charge is 0.214 e. The van der Waals surface area contributed by atoms with Crippen molar-refractivity contribution in [3.05, 3.63) is 0 Å². The summed E-state index contributed by atoms with van der Waals surface area (Å²) in [4.78, 5) is 0. The van der Waals surface area contributed by atoms with E-state index in [0.29, 0.717) is 0 Å². The van der Waals surface area contributed by atoms with Crippen LogP contribution in [0.3, 0.4) is 0 Å². The molecule has 0 aromatic rings. The van der Waals surface area contributed by atoms with Gasteiger partial charge in [-0.15, -0.1) is 0 Å². The molecule has 2 bridgehead atoms. The fraction of sp³-hybridized carbons (Fsp3) is 1.00. The first-order valence-electron chi connectivity index (χ1n) is 3.69. The summed E-state index contributed by atoms with van der Waals surface area (Å²) in [6.45, 7) is 0. The lowest BCUT2D eigenvalue weighted by atomic mass is 9.95. The molecule has 0 unspecified atom stereocenters. The zero-order chi connectivity index (χ0) is 7.19. The van der Waals surface area contributed by atoms with Crippen molar-refractivity contribution in [3.8, 4) is 0 Å². The molecule has 3 nitrogen and oxygen atoms in total. The predicted octanol–water partition coefficient (Wildman–Crippen LogP) is 0.231. The highest BCUT2D eigenvalue weighted by Crippen LogP contribution is 2.29. The highest BCUT2D eigenvalue weighted by molar-refractivity contribution is 7.90. The molecule has 0 aromatic heterocycles. The Morgan fingerprint density at radius 2 is 1.70 bits per heavy atom. The molecule has 3 rings (SSSR count). The Morgan fingerprint density at radius 1 is 1.10 bits per heavy atom. The van der Waals surface area contributed by atoms with Crippen LogP contribution < -0.4 is 4.72 Å². The molecule has 10 heavy (non-hydrogen) atoms. The van der Waals surface area contributed by atoms with Gasteiger partial charge in [0.25, 0.3) is 0 Å². The summed E-state index contributed by atoms with van der Waals surface area (Å²) >= 11 is 0. The quantitative estimate of drug-likeness (QED) is 0.553. The van der Waals surface area contributed by atoms with Crippen LogP contribution in [-0.4, -0.2) is 19.7 Å². The van der Waals surface area contributed by atoms with Gasteiger partial charge < -0.3 is 0 Å². The lowest BCUT2D eigenvalue weighted by molar-refractivity contribution is 0.368. The molecule has 0 aromatic carbocycles. The molecule has 3 aliphatic rings. The zero-order valence-corrected chi connectivity index (χ0v) is 6.52. The molecule has 0 atom stereocenters. The Kier molecular flexibility index (Phi) is 1.29. The molecule has 0 spiro atoms. The van der Waals surface area contributed by atoms with Gasteiger partial charge in [0.05, 0.1) is 5.25 Å². The van der Waals surface area contributed by atoms with Crippen LogP contribution in [0.25, 0.3) is 0 Å². The highest BCUT2D eigenvalue weighted by Gasteiger charge is 2.38. The number of nitrogens with one attached hydrogen (secondary N) is 1. The second-order valence-electron chi connectivity index (χ2n) is 3.14. The topological polar surface area (TPSA) is 46.2 Å². The number of rotatable bonds is 0. The molecule has 0 amide bonds. The molecular formula is C6H11NO2S. The normalized spacial score (nSPS) is 43.6. The molecule has 4 heteroatoms. The van der Waals surface area contributed by atoms with E-state index in [-0.39, 0.29) is 11.3 Å². The SMILES string of the molecule is O=S1(=O)NC2CCC1CC2. The van der Waals surface area contributed by atoms with Crippen molar-refractivity contribution in [2.45, 2.75) is 37.0 Å². The van der Waals surface area contributed by atoms with Gasteiger partial charge in [-0.2, -0.15) is 0 Å². The first kappa shape index (κ1) is 6.61. The van der Waals surface area contributed by atoms with E-state index in [1.165, 1.54) is 0 Å². The molecule has 58 valence electrons. The summed E-state index contributed by atoms with van der Waals surface area (Å²) in [6.07, 6.45) is 3.84. The van der Waals surface area contributed by atoms with Crippen LogP contribution in [0.4, 0.5) is 0 Å². The Balaban J connectivity index is 2.31. The third-order valence-corrected chi connectivity index (χ3v) is 4.45. The minimum Gasteiger partial charge on any atom is -0.212 e. The van der Waals surface area contributed by atoms with Gasteiger partial charge in [-0.1, -0.05) is 0 Å². The summed E-state index contributed by atoms with van der Waals surface area (Å²) in [6, 6.07) is 0.259. The Bertz CT molecular complexity index is 226. The summed E-state index contributed by atoms with van der Waals surface area (Å²) in [5, 5.41) is -0.0718. The summed E-state index contributed by atoms with van der Waals surface area (Å²) in [7, 11) is -2.87. The average Bonchev–Trinajstić information content (AvgIpc) is 1.87. The summed E-state index contributed by atoms with van der Waals surface area (Å²) < 4.78 is 24.9. The third kappa shape index (κ3) is 0.864. The van der Waals surface area contributed by atoms with Gasteiger partial charge in [0, 0.05) is 6.04 Å². The minimum absolute atomic E-state index is 0.0718.